The number of sulfonamides is 1. The lowest BCUT2D eigenvalue weighted by Crippen LogP contribution is -2.26. The van der Waals surface area contributed by atoms with Crippen molar-refractivity contribution < 1.29 is 22.6 Å². The molecule has 0 unspecified atom stereocenters. The van der Waals surface area contributed by atoms with Crippen molar-refractivity contribution in [3.8, 4) is 17.2 Å². The van der Waals surface area contributed by atoms with Crippen molar-refractivity contribution in [1.29, 1.82) is 0 Å². The van der Waals surface area contributed by atoms with Gasteiger partial charge in [-0.3, -0.25) is 0 Å². The predicted octanol–water partition coefficient (Wildman–Crippen LogP) is 4.17. The van der Waals surface area contributed by atoms with E-state index in [1.165, 1.54) is 0 Å². The Morgan fingerprint density at radius 3 is 2.27 bits per heavy atom. The van der Waals surface area contributed by atoms with Gasteiger partial charge in [0.25, 0.3) is 0 Å². The van der Waals surface area contributed by atoms with Crippen LogP contribution in [-0.4, -0.2) is 35.8 Å². The van der Waals surface area contributed by atoms with Crippen LogP contribution in [0.25, 0.3) is 10.8 Å². The van der Waals surface area contributed by atoms with Crippen LogP contribution in [0.3, 0.4) is 0 Å². The summed E-state index contributed by atoms with van der Waals surface area (Å²) in [6.07, 6.45) is 1.40. The smallest absolute Gasteiger partial charge is 0.241 e. The molecule has 0 amide bonds. The van der Waals surface area contributed by atoms with Crippen LogP contribution in [0.15, 0.2) is 59.5 Å². The lowest BCUT2D eigenvalue weighted by molar-refractivity contribution is 0.321. The van der Waals surface area contributed by atoms with Gasteiger partial charge in [0.05, 0.1) is 25.7 Å². The van der Waals surface area contributed by atoms with E-state index in [1.807, 2.05) is 43.3 Å². The third-order valence-electron chi connectivity index (χ3n) is 4.75. The Morgan fingerprint density at radius 1 is 0.867 bits per heavy atom. The zero-order chi connectivity index (χ0) is 21.6. The fourth-order valence-corrected chi connectivity index (χ4v) is 4.50. The maximum Gasteiger partial charge on any atom is 0.241 e. The summed E-state index contributed by atoms with van der Waals surface area (Å²) < 4.78 is 45.0. The van der Waals surface area contributed by atoms with Gasteiger partial charge in [-0.05, 0) is 42.7 Å². The molecule has 0 heterocycles. The van der Waals surface area contributed by atoms with Crippen molar-refractivity contribution in [1.82, 2.24) is 4.72 Å². The standard InChI is InChI=1S/C23H27NO5S/c1-4-15-29-20-11-12-23(19-8-6-5-7-18(19)20)30(25,26)24-14-13-17-9-10-21(27-2)22(16-17)28-3/h5-12,16,24H,4,13-15H2,1-3H3. The number of ether oxygens (including phenoxy) is 3. The number of hydrogen-bond donors (Lipinski definition) is 1. The van der Waals surface area contributed by atoms with Crippen LogP contribution >= 0.6 is 0 Å². The molecule has 0 aromatic heterocycles. The first kappa shape index (κ1) is 21.9. The molecule has 0 radical (unpaired) electrons. The van der Waals surface area contributed by atoms with Gasteiger partial charge in [-0.1, -0.05) is 37.3 Å². The normalized spacial score (nSPS) is 11.4. The Morgan fingerprint density at radius 2 is 1.57 bits per heavy atom. The van der Waals surface area contributed by atoms with E-state index in [0.29, 0.717) is 35.7 Å². The Bertz CT molecular complexity index is 1110. The van der Waals surface area contributed by atoms with Gasteiger partial charge in [-0.25, -0.2) is 13.1 Å². The summed E-state index contributed by atoms with van der Waals surface area (Å²) in [5, 5.41) is 1.43. The first-order valence-electron chi connectivity index (χ1n) is 9.85. The maximum atomic E-state index is 13.0. The summed E-state index contributed by atoms with van der Waals surface area (Å²) in [7, 11) is -0.534. The molecule has 3 rings (SSSR count). The van der Waals surface area contributed by atoms with Crippen molar-refractivity contribution >= 4 is 20.8 Å². The van der Waals surface area contributed by atoms with Crippen molar-refractivity contribution in [2.24, 2.45) is 0 Å². The summed E-state index contributed by atoms with van der Waals surface area (Å²) >= 11 is 0. The molecule has 0 saturated heterocycles. The van der Waals surface area contributed by atoms with Crippen molar-refractivity contribution in [2.45, 2.75) is 24.7 Å². The first-order valence-corrected chi connectivity index (χ1v) is 11.3. The molecule has 0 aliphatic rings. The third kappa shape index (κ3) is 4.86. The van der Waals surface area contributed by atoms with Crippen LogP contribution < -0.4 is 18.9 Å². The number of hydrogen-bond acceptors (Lipinski definition) is 5. The molecule has 0 aliphatic heterocycles. The molecule has 0 fully saturated rings. The van der Waals surface area contributed by atoms with Gasteiger partial charge in [-0.15, -0.1) is 0 Å². The maximum absolute atomic E-state index is 13.0. The third-order valence-corrected chi connectivity index (χ3v) is 6.27. The molecule has 160 valence electrons. The minimum Gasteiger partial charge on any atom is -0.493 e. The zero-order valence-corrected chi connectivity index (χ0v) is 18.3. The van der Waals surface area contributed by atoms with Gasteiger partial charge >= 0.3 is 0 Å². The average Bonchev–Trinajstić information content (AvgIpc) is 2.77. The fraction of sp³-hybridized carbons (Fsp3) is 0.304. The van der Waals surface area contributed by atoms with E-state index in [2.05, 4.69) is 4.72 Å². The lowest BCUT2D eigenvalue weighted by Gasteiger charge is -2.14. The summed E-state index contributed by atoms with van der Waals surface area (Å²) in [4.78, 5) is 0.245. The van der Waals surface area contributed by atoms with Gasteiger partial charge < -0.3 is 14.2 Å². The van der Waals surface area contributed by atoms with Gasteiger partial charge in [0.15, 0.2) is 11.5 Å². The second-order valence-corrected chi connectivity index (χ2v) is 8.53. The molecule has 3 aromatic carbocycles. The molecule has 0 aliphatic carbocycles. The number of nitrogens with one attached hydrogen (secondary N) is 1. The monoisotopic (exact) mass is 429 g/mol. The van der Waals surface area contributed by atoms with Gasteiger partial charge in [0.1, 0.15) is 5.75 Å². The molecule has 0 bridgehead atoms. The summed E-state index contributed by atoms with van der Waals surface area (Å²) in [6.45, 7) is 2.88. The average molecular weight is 430 g/mol. The molecule has 30 heavy (non-hydrogen) atoms. The minimum atomic E-state index is -3.68. The molecule has 0 atom stereocenters. The van der Waals surface area contributed by atoms with E-state index in [1.54, 1.807) is 32.4 Å². The summed E-state index contributed by atoms with van der Waals surface area (Å²) in [5.74, 6) is 1.95. The Kier molecular flexibility index (Phi) is 7.18. The highest BCUT2D eigenvalue weighted by molar-refractivity contribution is 7.89. The van der Waals surface area contributed by atoms with E-state index in [9.17, 15) is 8.42 Å². The van der Waals surface area contributed by atoms with Crippen LogP contribution in [0.2, 0.25) is 0 Å². The van der Waals surface area contributed by atoms with Crippen LogP contribution in [0.1, 0.15) is 18.9 Å². The summed E-state index contributed by atoms with van der Waals surface area (Å²) in [5.41, 5.74) is 0.948. The molecule has 0 spiro atoms. The van der Waals surface area contributed by atoms with E-state index in [4.69, 9.17) is 14.2 Å². The van der Waals surface area contributed by atoms with Crippen LogP contribution in [-0.2, 0) is 16.4 Å². The van der Waals surface area contributed by atoms with Gasteiger partial charge in [-0.2, -0.15) is 0 Å². The highest BCUT2D eigenvalue weighted by Crippen LogP contribution is 2.31. The first-order chi connectivity index (χ1) is 14.5. The van der Waals surface area contributed by atoms with Crippen LogP contribution in [0.5, 0.6) is 17.2 Å². The molecular weight excluding hydrogens is 402 g/mol. The molecule has 3 aromatic rings. The number of benzene rings is 3. The lowest BCUT2D eigenvalue weighted by atomic mass is 10.1. The molecule has 1 N–H and O–H groups in total. The Labute approximate surface area is 177 Å². The number of methoxy groups -OCH3 is 2. The van der Waals surface area contributed by atoms with Gasteiger partial charge in [0.2, 0.25) is 10.0 Å². The molecule has 0 saturated carbocycles. The van der Waals surface area contributed by atoms with Crippen LogP contribution in [0, 0.1) is 0 Å². The van der Waals surface area contributed by atoms with Crippen molar-refractivity contribution in [3.05, 3.63) is 60.2 Å². The topological polar surface area (TPSA) is 73.9 Å². The molecular formula is C23H27NO5S. The van der Waals surface area contributed by atoms with Crippen molar-refractivity contribution in [2.75, 3.05) is 27.4 Å². The highest BCUT2D eigenvalue weighted by Gasteiger charge is 2.19. The van der Waals surface area contributed by atoms with Gasteiger partial charge in [0, 0.05) is 17.3 Å². The fourth-order valence-electron chi connectivity index (χ4n) is 3.26. The Hall–Kier alpha value is -2.77. The number of rotatable bonds is 10. The van der Waals surface area contributed by atoms with E-state index < -0.39 is 10.0 Å². The summed E-state index contributed by atoms with van der Waals surface area (Å²) in [6, 6.07) is 16.3. The second-order valence-electron chi connectivity index (χ2n) is 6.79. The second kappa shape index (κ2) is 9.82. The molecule has 7 heteroatoms. The van der Waals surface area contributed by atoms with E-state index >= 15 is 0 Å². The Balaban J connectivity index is 1.78. The highest BCUT2D eigenvalue weighted by atomic mass is 32.2. The number of fused-ring (bicyclic) bond motifs is 1. The SMILES string of the molecule is CCCOc1ccc(S(=O)(=O)NCCc2ccc(OC)c(OC)c2)c2ccccc12. The quantitative estimate of drug-likeness (QED) is 0.524. The van der Waals surface area contributed by atoms with E-state index in [0.717, 1.165) is 17.4 Å². The van der Waals surface area contributed by atoms with Crippen molar-refractivity contribution in [3.63, 3.8) is 0 Å². The minimum absolute atomic E-state index is 0.245. The van der Waals surface area contributed by atoms with E-state index in [-0.39, 0.29) is 11.4 Å². The molecule has 6 nitrogen and oxygen atoms in total. The van der Waals surface area contributed by atoms with Crippen LogP contribution in [0.4, 0.5) is 0 Å². The zero-order valence-electron chi connectivity index (χ0n) is 17.5. The largest absolute Gasteiger partial charge is 0.493 e. The predicted molar refractivity (Wildman–Crippen MR) is 118 cm³/mol.